The summed E-state index contributed by atoms with van der Waals surface area (Å²) in [6.45, 7) is 7.29. The number of benzene rings is 2. The molecule has 2 aromatic heterocycles. The second kappa shape index (κ2) is 10.6. The topological polar surface area (TPSA) is 169 Å². The molecule has 0 aliphatic carbocycles. The SMILES string of the molecule is CC(C)C(O)C(=O)N[C@H]1Cc2ccc3c(c2)C2(c4ccccc4NC2O3)c2oc(nc2-c2nc(C=O)co2)[C@H](C(C)C)NC1=O. The Morgan fingerprint density at radius 2 is 1.91 bits per heavy atom. The third-order valence-electron chi connectivity index (χ3n) is 8.80. The number of amides is 2. The van der Waals surface area contributed by atoms with Gasteiger partial charge in [-0.05, 0) is 35.1 Å². The number of aliphatic hydroxyl groups is 1. The van der Waals surface area contributed by atoms with Gasteiger partial charge < -0.3 is 34.6 Å². The molecule has 0 radical (unpaired) electrons. The standard InChI is InChI=1S/C33H33N5O7/c1-15(2)24-31-38-25(30-34-18(13-39)14-43-30)27(45-31)33-19-7-5-6-8-21(19)36-32(33)44-23-10-9-17(11-20(23)33)12-22(28(41)37-24)35-29(42)26(40)16(3)4/h5-11,13-16,22,24,26,32,36,40H,12H2,1-4H3,(H,35,42)(H,37,41)/t22-,24-,26?,32?,33?/m0/s1. The monoisotopic (exact) mass is 611 g/mol. The van der Waals surface area contributed by atoms with Crippen molar-refractivity contribution in [1.82, 2.24) is 20.6 Å². The van der Waals surface area contributed by atoms with Crippen molar-refractivity contribution in [1.29, 1.82) is 0 Å². The molecule has 4 aromatic rings. The van der Waals surface area contributed by atoms with Crippen molar-refractivity contribution in [3.63, 3.8) is 0 Å². The lowest BCUT2D eigenvalue weighted by Crippen LogP contribution is -2.52. The van der Waals surface area contributed by atoms with Gasteiger partial charge in [0.05, 0.1) is 0 Å². The summed E-state index contributed by atoms with van der Waals surface area (Å²) >= 11 is 0. The van der Waals surface area contributed by atoms with Gasteiger partial charge in [0.25, 0.3) is 0 Å². The van der Waals surface area contributed by atoms with Gasteiger partial charge in [-0.3, -0.25) is 14.4 Å². The third-order valence-corrected chi connectivity index (χ3v) is 8.80. The molecule has 45 heavy (non-hydrogen) atoms. The summed E-state index contributed by atoms with van der Waals surface area (Å²) in [5, 5.41) is 19.8. The van der Waals surface area contributed by atoms with Crippen LogP contribution in [0.3, 0.4) is 0 Å². The van der Waals surface area contributed by atoms with Crippen molar-refractivity contribution in [2.24, 2.45) is 11.8 Å². The molecule has 2 amide bonds. The Balaban J connectivity index is 1.48. The molecule has 0 saturated carbocycles. The van der Waals surface area contributed by atoms with Crippen molar-refractivity contribution >= 4 is 23.8 Å². The summed E-state index contributed by atoms with van der Waals surface area (Å²) in [6.07, 6.45) is 0.0750. The van der Waals surface area contributed by atoms with E-state index in [1.807, 2.05) is 56.3 Å². The summed E-state index contributed by atoms with van der Waals surface area (Å²) in [5.41, 5.74) is 2.55. The van der Waals surface area contributed by atoms with Gasteiger partial charge in [-0.25, -0.2) is 9.97 Å². The van der Waals surface area contributed by atoms with E-state index in [0.717, 1.165) is 22.4 Å². The fourth-order valence-electron chi connectivity index (χ4n) is 6.46. The van der Waals surface area contributed by atoms with E-state index in [1.54, 1.807) is 13.8 Å². The number of nitrogens with one attached hydrogen (secondary N) is 3. The molecule has 3 aliphatic rings. The lowest BCUT2D eigenvalue weighted by molar-refractivity contribution is -0.135. The maximum absolute atomic E-state index is 13.9. The molecule has 1 spiro atoms. The lowest BCUT2D eigenvalue weighted by atomic mass is 9.72. The highest BCUT2D eigenvalue weighted by atomic mass is 16.5. The van der Waals surface area contributed by atoms with E-state index in [4.69, 9.17) is 18.6 Å². The highest BCUT2D eigenvalue weighted by molar-refractivity contribution is 5.90. The van der Waals surface area contributed by atoms with E-state index in [9.17, 15) is 19.5 Å². The van der Waals surface area contributed by atoms with E-state index in [-0.39, 0.29) is 41.4 Å². The van der Waals surface area contributed by atoms with Gasteiger partial charge in [0.15, 0.2) is 24.0 Å². The molecular weight excluding hydrogens is 578 g/mol. The summed E-state index contributed by atoms with van der Waals surface area (Å²) < 4.78 is 19.0. The van der Waals surface area contributed by atoms with Crippen LogP contribution in [-0.4, -0.2) is 51.5 Å². The first-order chi connectivity index (χ1) is 21.6. The number of aliphatic hydroxyl groups excluding tert-OH is 1. The zero-order valence-corrected chi connectivity index (χ0v) is 25.2. The molecule has 7 rings (SSSR count). The van der Waals surface area contributed by atoms with Crippen molar-refractivity contribution in [2.45, 2.75) is 63.9 Å². The molecule has 12 nitrogen and oxygen atoms in total. The molecule has 3 unspecified atom stereocenters. The summed E-state index contributed by atoms with van der Waals surface area (Å²) in [6, 6.07) is 11.7. The van der Waals surface area contributed by atoms with Crippen LogP contribution in [0.25, 0.3) is 11.6 Å². The van der Waals surface area contributed by atoms with E-state index in [0.29, 0.717) is 17.8 Å². The van der Waals surface area contributed by atoms with E-state index in [2.05, 4.69) is 20.9 Å². The fourth-order valence-corrected chi connectivity index (χ4v) is 6.46. The Morgan fingerprint density at radius 1 is 1.11 bits per heavy atom. The lowest BCUT2D eigenvalue weighted by Gasteiger charge is -2.29. The van der Waals surface area contributed by atoms with Crippen LogP contribution in [0.2, 0.25) is 0 Å². The maximum atomic E-state index is 13.9. The Kier molecular flexibility index (Phi) is 6.77. The van der Waals surface area contributed by atoms with Crippen LogP contribution < -0.4 is 20.7 Å². The minimum atomic E-state index is -1.28. The highest BCUT2D eigenvalue weighted by Gasteiger charge is 2.61. The van der Waals surface area contributed by atoms with Crippen LogP contribution in [0.15, 0.2) is 57.6 Å². The summed E-state index contributed by atoms with van der Waals surface area (Å²) in [5.74, 6) is -0.357. The molecule has 232 valence electrons. The average molecular weight is 612 g/mol. The van der Waals surface area contributed by atoms with Gasteiger partial charge in [0.2, 0.25) is 23.6 Å². The van der Waals surface area contributed by atoms with Crippen molar-refractivity contribution in [2.75, 3.05) is 5.32 Å². The van der Waals surface area contributed by atoms with Crippen LogP contribution in [0.5, 0.6) is 5.75 Å². The van der Waals surface area contributed by atoms with Crippen LogP contribution in [-0.2, 0) is 21.4 Å². The highest BCUT2D eigenvalue weighted by Crippen LogP contribution is 2.59. The average Bonchev–Trinajstić information content (AvgIpc) is 3.79. The molecule has 0 saturated heterocycles. The number of hydrogen-bond acceptors (Lipinski definition) is 10. The number of para-hydroxylation sites is 1. The first-order valence-corrected chi connectivity index (χ1v) is 15.0. The molecule has 5 heterocycles. The van der Waals surface area contributed by atoms with Crippen LogP contribution in [0.1, 0.15) is 72.6 Å². The van der Waals surface area contributed by atoms with Gasteiger partial charge in [-0.1, -0.05) is 58.0 Å². The van der Waals surface area contributed by atoms with Crippen LogP contribution in [0.4, 0.5) is 5.69 Å². The van der Waals surface area contributed by atoms with Gasteiger partial charge >= 0.3 is 0 Å². The van der Waals surface area contributed by atoms with Gasteiger partial charge in [-0.2, -0.15) is 0 Å². The number of carbonyl (C=O) groups is 3. The number of nitrogens with zero attached hydrogens (tertiary/aromatic N) is 2. The number of carbonyl (C=O) groups excluding carboxylic acids is 3. The first-order valence-electron chi connectivity index (χ1n) is 15.0. The molecule has 12 heteroatoms. The van der Waals surface area contributed by atoms with Crippen LogP contribution in [0, 0.1) is 11.8 Å². The molecule has 5 atom stereocenters. The summed E-state index contributed by atoms with van der Waals surface area (Å²) in [7, 11) is 0. The molecule has 0 fully saturated rings. The number of oxazole rings is 2. The maximum Gasteiger partial charge on any atom is 0.249 e. The Labute approximate surface area is 258 Å². The fraction of sp³-hybridized carbons (Fsp3) is 0.364. The van der Waals surface area contributed by atoms with E-state index in [1.165, 1.54) is 6.26 Å². The zero-order valence-electron chi connectivity index (χ0n) is 25.2. The number of hydrogen-bond donors (Lipinski definition) is 4. The Morgan fingerprint density at radius 3 is 2.64 bits per heavy atom. The normalized spacial score (nSPS) is 23.6. The quantitative estimate of drug-likeness (QED) is 0.237. The second-order valence-corrected chi connectivity index (χ2v) is 12.4. The van der Waals surface area contributed by atoms with Gasteiger partial charge in [0, 0.05) is 17.7 Å². The van der Waals surface area contributed by atoms with Crippen LogP contribution >= 0.6 is 0 Å². The third kappa shape index (κ3) is 4.42. The number of aldehydes is 1. The Hall–Kier alpha value is -4.97. The molecule has 4 bridgehead atoms. The van der Waals surface area contributed by atoms with Gasteiger partial charge in [0.1, 0.15) is 41.3 Å². The molecule has 2 aromatic carbocycles. The number of anilines is 1. The minimum Gasteiger partial charge on any atom is -0.469 e. The first kappa shape index (κ1) is 28.8. The number of rotatable bonds is 6. The minimum absolute atomic E-state index is 0.0840. The number of ether oxygens (including phenoxy) is 1. The molecule has 4 N–H and O–H groups in total. The number of aromatic nitrogens is 2. The molecule has 3 aliphatic heterocycles. The smallest absolute Gasteiger partial charge is 0.249 e. The van der Waals surface area contributed by atoms with Crippen molar-refractivity contribution < 1.29 is 33.1 Å². The molecular formula is C33H33N5O7. The van der Waals surface area contributed by atoms with E-state index < -0.39 is 41.6 Å². The predicted molar refractivity (Wildman–Crippen MR) is 160 cm³/mol. The van der Waals surface area contributed by atoms with Gasteiger partial charge in [-0.15, -0.1) is 0 Å². The zero-order chi connectivity index (χ0) is 31.6. The predicted octanol–water partition coefficient (Wildman–Crippen LogP) is 3.49. The van der Waals surface area contributed by atoms with Crippen molar-refractivity contribution in [3.8, 4) is 17.3 Å². The largest absolute Gasteiger partial charge is 0.469 e. The van der Waals surface area contributed by atoms with E-state index >= 15 is 0 Å². The Bertz CT molecular complexity index is 1830. The summed E-state index contributed by atoms with van der Waals surface area (Å²) in [4.78, 5) is 47.7. The number of fused-ring (bicyclic) bond motifs is 4. The second-order valence-electron chi connectivity index (χ2n) is 12.4. The van der Waals surface area contributed by atoms with Crippen molar-refractivity contribution in [3.05, 3.63) is 82.8 Å².